The van der Waals surface area contributed by atoms with Gasteiger partial charge in [0.15, 0.2) is 16.6 Å². The molecule has 0 N–H and O–H groups in total. The molecule has 0 bridgehead atoms. The number of ether oxygens (including phenoxy) is 2. The lowest BCUT2D eigenvalue weighted by Gasteiger charge is -2.22. The molecule has 4 aromatic rings. The molecule has 0 atom stereocenters. The van der Waals surface area contributed by atoms with Crippen LogP contribution in [-0.4, -0.2) is 71.7 Å². The summed E-state index contributed by atoms with van der Waals surface area (Å²) in [5, 5.41) is 0.566. The van der Waals surface area contributed by atoms with Gasteiger partial charge in [0.2, 0.25) is 0 Å². The Morgan fingerprint density at radius 2 is 1.59 bits per heavy atom. The molecule has 1 aliphatic rings. The van der Waals surface area contributed by atoms with Crippen LogP contribution in [0.25, 0.3) is 10.2 Å². The number of hydrogen-bond acceptors (Lipinski definition) is 8. The summed E-state index contributed by atoms with van der Waals surface area (Å²) in [4.78, 5) is 22.3. The lowest BCUT2D eigenvalue weighted by Crippen LogP contribution is -2.33. The first kappa shape index (κ1) is 26.9. The SMILES string of the molecule is CN(C)CCCN(C(=O)c1ccc(S(=O)(=O)N(C)c2ccccc2)cc1)c1nc2cc3c(cc2s1)OCCO3. The van der Waals surface area contributed by atoms with Crippen LogP contribution >= 0.6 is 11.3 Å². The number of anilines is 2. The van der Waals surface area contributed by atoms with Crippen molar-refractivity contribution in [3.05, 3.63) is 72.3 Å². The number of para-hydroxylation sites is 1. The molecular weight excluding hydrogens is 536 g/mol. The van der Waals surface area contributed by atoms with E-state index in [0.717, 1.165) is 23.2 Å². The van der Waals surface area contributed by atoms with E-state index in [2.05, 4.69) is 4.90 Å². The molecule has 0 unspecified atom stereocenters. The quantitative estimate of drug-likeness (QED) is 0.295. The number of thiazole rings is 1. The lowest BCUT2D eigenvalue weighted by atomic mass is 10.2. The molecule has 9 nitrogen and oxygen atoms in total. The molecule has 3 aromatic carbocycles. The summed E-state index contributed by atoms with van der Waals surface area (Å²) in [5.41, 5.74) is 1.67. The van der Waals surface area contributed by atoms with Crippen LogP contribution in [0.4, 0.5) is 10.8 Å². The molecule has 204 valence electrons. The molecule has 0 fully saturated rings. The van der Waals surface area contributed by atoms with E-state index in [9.17, 15) is 13.2 Å². The molecule has 1 aromatic heterocycles. The van der Waals surface area contributed by atoms with Crippen LogP contribution in [-0.2, 0) is 10.0 Å². The van der Waals surface area contributed by atoms with Crippen molar-refractivity contribution in [3.8, 4) is 11.5 Å². The average Bonchev–Trinajstić information content (AvgIpc) is 3.36. The van der Waals surface area contributed by atoms with Gasteiger partial charge in [0, 0.05) is 31.3 Å². The molecule has 1 amide bonds. The van der Waals surface area contributed by atoms with Crippen LogP contribution in [0.3, 0.4) is 0 Å². The first-order chi connectivity index (χ1) is 18.7. The minimum Gasteiger partial charge on any atom is -0.486 e. The monoisotopic (exact) mass is 566 g/mol. The molecule has 5 rings (SSSR count). The minimum atomic E-state index is -3.79. The van der Waals surface area contributed by atoms with Crippen LogP contribution in [0.5, 0.6) is 11.5 Å². The van der Waals surface area contributed by atoms with Crippen molar-refractivity contribution < 1.29 is 22.7 Å². The molecule has 0 aliphatic carbocycles. The average molecular weight is 567 g/mol. The summed E-state index contributed by atoms with van der Waals surface area (Å²) < 4.78 is 39.9. The van der Waals surface area contributed by atoms with Crippen LogP contribution in [0.2, 0.25) is 0 Å². The van der Waals surface area contributed by atoms with Crippen LogP contribution in [0, 0.1) is 0 Å². The number of benzene rings is 3. The number of amides is 1. The van der Waals surface area contributed by atoms with E-state index in [4.69, 9.17) is 14.5 Å². The number of fused-ring (bicyclic) bond motifs is 2. The molecule has 1 aliphatic heterocycles. The number of hydrogen-bond donors (Lipinski definition) is 0. The fraction of sp³-hybridized carbons (Fsp3) is 0.286. The second-order valence-electron chi connectivity index (χ2n) is 9.41. The first-order valence-corrected chi connectivity index (χ1v) is 14.8. The molecule has 0 radical (unpaired) electrons. The highest BCUT2D eigenvalue weighted by Crippen LogP contribution is 2.39. The minimum absolute atomic E-state index is 0.107. The van der Waals surface area contributed by atoms with E-state index in [1.54, 1.807) is 41.3 Å². The van der Waals surface area contributed by atoms with E-state index in [1.165, 1.54) is 34.8 Å². The fourth-order valence-electron chi connectivity index (χ4n) is 4.26. The zero-order chi connectivity index (χ0) is 27.6. The number of sulfonamides is 1. The predicted molar refractivity (Wildman–Crippen MR) is 154 cm³/mol. The molecule has 11 heteroatoms. The number of aromatic nitrogens is 1. The third kappa shape index (κ3) is 5.70. The maximum atomic E-state index is 13.7. The van der Waals surface area contributed by atoms with E-state index in [0.29, 0.717) is 47.6 Å². The zero-order valence-corrected chi connectivity index (χ0v) is 23.7. The summed E-state index contributed by atoms with van der Waals surface area (Å²) in [5.74, 6) is 1.07. The Kier molecular flexibility index (Phi) is 7.74. The van der Waals surface area contributed by atoms with Crippen molar-refractivity contribution in [3.63, 3.8) is 0 Å². The molecule has 0 saturated carbocycles. The molecular formula is C28H30N4O5S2. The van der Waals surface area contributed by atoms with Gasteiger partial charge in [0.1, 0.15) is 13.2 Å². The van der Waals surface area contributed by atoms with Gasteiger partial charge in [-0.15, -0.1) is 0 Å². The maximum absolute atomic E-state index is 13.7. The van der Waals surface area contributed by atoms with Crippen molar-refractivity contribution in [2.75, 3.05) is 56.7 Å². The van der Waals surface area contributed by atoms with Crippen molar-refractivity contribution in [1.29, 1.82) is 0 Å². The molecule has 2 heterocycles. The van der Waals surface area contributed by atoms with Crippen LogP contribution in [0.1, 0.15) is 16.8 Å². The standard InChI is InChI=1S/C28H30N4O5S2/c1-30(2)14-7-15-32(28-29-23-18-24-25(19-26(23)38-28)37-17-16-36-24)27(33)20-10-12-22(13-11-20)39(34,35)31(3)21-8-5-4-6-9-21/h4-6,8-13,18-19H,7,14-17H2,1-3H3. The highest BCUT2D eigenvalue weighted by Gasteiger charge is 2.25. The lowest BCUT2D eigenvalue weighted by molar-refractivity contribution is 0.0986. The topological polar surface area (TPSA) is 92.3 Å². The van der Waals surface area contributed by atoms with Crippen molar-refractivity contribution in [2.45, 2.75) is 11.3 Å². The number of carbonyl (C=O) groups is 1. The summed E-state index contributed by atoms with van der Waals surface area (Å²) in [6, 6.07) is 18.7. The second kappa shape index (κ2) is 11.2. The van der Waals surface area contributed by atoms with Crippen molar-refractivity contribution in [1.82, 2.24) is 9.88 Å². The van der Waals surface area contributed by atoms with Gasteiger partial charge in [-0.1, -0.05) is 29.5 Å². The summed E-state index contributed by atoms with van der Waals surface area (Å²) >= 11 is 1.41. The highest BCUT2D eigenvalue weighted by molar-refractivity contribution is 7.92. The van der Waals surface area contributed by atoms with Crippen LogP contribution in [0.15, 0.2) is 71.6 Å². The van der Waals surface area contributed by atoms with Gasteiger partial charge in [-0.25, -0.2) is 13.4 Å². The highest BCUT2D eigenvalue weighted by atomic mass is 32.2. The number of nitrogens with zero attached hydrogens (tertiary/aromatic N) is 4. The van der Waals surface area contributed by atoms with E-state index < -0.39 is 10.0 Å². The maximum Gasteiger partial charge on any atom is 0.264 e. The Morgan fingerprint density at radius 1 is 0.923 bits per heavy atom. The predicted octanol–water partition coefficient (Wildman–Crippen LogP) is 4.49. The van der Waals surface area contributed by atoms with Crippen molar-refractivity contribution in [2.24, 2.45) is 0 Å². The van der Waals surface area contributed by atoms with Gasteiger partial charge in [-0.3, -0.25) is 14.0 Å². The Morgan fingerprint density at radius 3 is 2.26 bits per heavy atom. The third-order valence-corrected chi connectivity index (χ3v) is 9.22. The van der Waals surface area contributed by atoms with E-state index >= 15 is 0 Å². The summed E-state index contributed by atoms with van der Waals surface area (Å²) in [7, 11) is 1.70. The van der Waals surface area contributed by atoms with Gasteiger partial charge in [-0.2, -0.15) is 0 Å². The van der Waals surface area contributed by atoms with Gasteiger partial charge < -0.3 is 14.4 Å². The van der Waals surface area contributed by atoms with Gasteiger partial charge in [-0.05, 0) is 63.5 Å². The van der Waals surface area contributed by atoms with E-state index in [-0.39, 0.29) is 10.8 Å². The van der Waals surface area contributed by atoms with Gasteiger partial charge >= 0.3 is 0 Å². The largest absolute Gasteiger partial charge is 0.486 e. The van der Waals surface area contributed by atoms with Gasteiger partial charge in [0.05, 0.1) is 20.8 Å². The zero-order valence-electron chi connectivity index (χ0n) is 22.0. The summed E-state index contributed by atoms with van der Waals surface area (Å²) in [6.07, 6.45) is 0.742. The molecule has 0 saturated heterocycles. The summed E-state index contributed by atoms with van der Waals surface area (Å²) in [6.45, 7) is 2.23. The van der Waals surface area contributed by atoms with Crippen LogP contribution < -0.4 is 18.7 Å². The number of carbonyl (C=O) groups excluding carboxylic acids is 1. The normalized spacial score (nSPS) is 13.0. The first-order valence-electron chi connectivity index (χ1n) is 12.5. The molecule has 39 heavy (non-hydrogen) atoms. The Bertz CT molecular complexity index is 1530. The second-order valence-corrected chi connectivity index (χ2v) is 12.4. The van der Waals surface area contributed by atoms with E-state index in [1.807, 2.05) is 32.3 Å². The van der Waals surface area contributed by atoms with Crippen molar-refractivity contribution >= 4 is 48.3 Å². The fourth-order valence-corrected chi connectivity index (χ4v) is 6.45. The molecule has 0 spiro atoms. The number of rotatable bonds is 9. The Labute approximate surface area is 232 Å². The van der Waals surface area contributed by atoms with Gasteiger partial charge in [0.25, 0.3) is 15.9 Å². The Hall–Kier alpha value is -3.67. The smallest absolute Gasteiger partial charge is 0.264 e. The third-order valence-electron chi connectivity index (χ3n) is 6.38. The Balaban J connectivity index is 1.43.